The molecule has 0 N–H and O–H groups in total. The van der Waals surface area contributed by atoms with Crippen LogP contribution in [0.2, 0.25) is 0 Å². The van der Waals surface area contributed by atoms with Crippen LogP contribution in [0, 0.1) is 5.82 Å². The second-order valence-electron chi connectivity index (χ2n) is 4.65. The Kier molecular flexibility index (Phi) is 5.47. The molecule has 112 valence electrons. The summed E-state index contributed by atoms with van der Waals surface area (Å²) in [5, 5.41) is 2.83. The predicted octanol–water partition coefficient (Wildman–Crippen LogP) is 4.50. The zero-order valence-electron chi connectivity index (χ0n) is 12.2. The van der Waals surface area contributed by atoms with Crippen LogP contribution < -0.4 is 0 Å². The molecule has 0 bridgehead atoms. The van der Waals surface area contributed by atoms with Crippen LogP contribution in [0.4, 0.5) is 4.39 Å². The molecule has 21 heavy (non-hydrogen) atoms. The third-order valence-corrected chi connectivity index (χ3v) is 4.64. The highest BCUT2D eigenvalue weighted by molar-refractivity contribution is 9.10. The highest BCUT2D eigenvalue weighted by Crippen LogP contribution is 2.27. The summed E-state index contributed by atoms with van der Waals surface area (Å²) in [6.07, 6.45) is 1.78. The largest absolute Gasteiger partial charge is 0.358 e. The van der Waals surface area contributed by atoms with Gasteiger partial charge in [0.25, 0.3) is 0 Å². The first-order valence-corrected chi connectivity index (χ1v) is 8.34. The predicted molar refractivity (Wildman–Crippen MR) is 89.5 cm³/mol. The van der Waals surface area contributed by atoms with Crippen molar-refractivity contribution in [3.8, 4) is 0 Å². The number of benzene rings is 1. The lowest BCUT2D eigenvalue weighted by molar-refractivity contribution is 0.529. The fourth-order valence-corrected chi connectivity index (χ4v) is 3.26. The fraction of sp³-hybridized carbons (Fsp3) is 0.333. The molecule has 2 aromatic rings. The first-order valence-electron chi connectivity index (χ1n) is 6.66. The minimum absolute atomic E-state index is 0.0899. The molecule has 3 nitrogen and oxygen atoms in total. The lowest BCUT2D eigenvalue weighted by atomic mass is 10.1. The average Bonchev–Trinajstić information content (AvgIpc) is 2.97. The molecule has 0 saturated carbocycles. The van der Waals surface area contributed by atoms with Crippen LogP contribution in [0.15, 0.2) is 39.2 Å². The van der Waals surface area contributed by atoms with Crippen molar-refractivity contribution in [1.82, 2.24) is 9.88 Å². The highest BCUT2D eigenvalue weighted by Gasteiger charge is 2.15. The van der Waals surface area contributed by atoms with Crippen LogP contribution in [0.1, 0.15) is 30.5 Å². The van der Waals surface area contributed by atoms with Crippen molar-refractivity contribution in [3.63, 3.8) is 0 Å². The van der Waals surface area contributed by atoms with Gasteiger partial charge < -0.3 is 4.90 Å². The smallest absolute Gasteiger partial charge is 0.160 e. The molecular formula is C15H17BrFN3S. The quantitative estimate of drug-likeness (QED) is 0.586. The van der Waals surface area contributed by atoms with E-state index in [1.54, 1.807) is 23.6 Å². The van der Waals surface area contributed by atoms with E-state index in [0.29, 0.717) is 0 Å². The molecule has 0 saturated heterocycles. The lowest BCUT2D eigenvalue weighted by Gasteiger charge is -2.20. The average molecular weight is 370 g/mol. The summed E-state index contributed by atoms with van der Waals surface area (Å²) in [6.45, 7) is 4.91. The summed E-state index contributed by atoms with van der Waals surface area (Å²) < 4.78 is 13.9. The molecule has 0 unspecified atom stereocenters. The van der Waals surface area contributed by atoms with Crippen LogP contribution in [0.25, 0.3) is 0 Å². The molecule has 0 aliphatic carbocycles. The van der Waals surface area contributed by atoms with E-state index >= 15 is 0 Å². The number of hydrogen-bond acceptors (Lipinski definition) is 3. The Morgan fingerprint density at radius 1 is 1.52 bits per heavy atom. The van der Waals surface area contributed by atoms with Crippen LogP contribution in [-0.4, -0.2) is 29.3 Å². The van der Waals surface area contributed by atoms with Crippen LogP contribution in [0.5, 0.6) is 0 Å². The van der Waals surface area contributed by atoms with Gasteiger partial charge in [-0.05, 0) is 31.5 Å². The van der Waals surface area contributed by atoms with Gasteiger partial charge in [-0.1, -0.05) is 22.0 Å². The number of amidine groups is 1. The van der Waals surface area contributed by atoms with Gasteiger partial charge in [0.2, 0.25) is 0 Å². The van der Waals surface area contributed by atoms with Gasteiger partial charge in [0.05, 0.1) is 6.04 Å². The second kappa shape index (κ2) is 7.13. The van der Waals surface area contributed by atoms with Gasteiger partial charge in [-0.15, -0.1) is 11.3 Å². The van der Waals surface area contributed by atoms with Gasteiger partial charge in [0.1, 0.15) is 5.82 Å². The molecule has 0 fully saturated rings. The third-order valence-electron chi connectivity index (χ3n) is 3.19. The second-order valence-corrected chi connectivity index (χ2v) is 6.39. The Morgan fingerprint density at radius 2 is 2.29 bits per heavy atom. The molecule has 0 aliphatic heterocycles. The maximum Gasteiger partial charge on any atom is 0.160 e. The van der Waals surface area contributed by atoms with E-state index in [1.165, 1.54) is 12.1 Å². The molecule has 0 radical (unpaired) electrons. The Hall–Kier alpha value is -1.27. The molecule has 0 spiro atoms. The van der Waals surface area contributed by atoms with E-state index in [4.69, 9.17) is 4.99 Å². The summed E-state index contributed by atoms with van der Waals surface area (Å²) in [4.78, 5) is 11.2. The van der Waals surface area contributed by atoms with Crippen molar-refractivity contribution in [1.29, 1.82) is 0 Å². The van der Waals surface area contributed by atoms with Crippen molar-refractivity contribution in [2.24, 2.45) is 4.99 Å². The first-order chi connectivity index (χ1) is 10.0. The van der Waals surface area contributed by atoms with Crippen LogP contribution >= 0.6 is 27.3 Å². The normalized spacial score (nSPS) is 13.3. The minimum Gasteiger partial charge on any atom is -0.358 e. The van der Waals surface area contributed by atoms with Crippen molar-refractivity contribution >= 4 is 33.1 Å². The maximum atomic E-state index is 13.2. The van der Waals surface area contributed by atoms with Gasteiger partial charge in [0.15, 0.2) is 10.8 Å². The number of thiazole rings is 1. The third kappa shape index (κ3) is 3.89. The number of rotatable bonds is 4. The van der Waals surface area contributed by atoms with E-state index in [0.717, 1.165) is 27.4 Å². The Morgan fingerprint density at radius 3 is 2.86 bits per heavy atom. The molecule has 1 aromatic heterocycles. The molecular weight excluding hydrogens is 353 g/mol. The number of nitrogens with zero attached hydrogens (tertiary/aromatic N) is 3. The highest BCUT2D eigenvalue weighted by atomic mass is 79.9. The van der Waals surface area contributed by atoms with Gasteiger partial charge in [-0.2, -0.15) is 0 Å². The van der Waals surface area contributed by atoms with E-state index in [9.17, 15) is 4.39 Å². The summed E-state index contributed by atoms with van der Waals surface area (Å²) in [5.41, 5.74) is 0.954. The van der Waals surface area contributed by atoms with Crippen molar-refractivity contribution < 1.29 is 4.39 Å². The standard InChI is InChI=1S/C15H17BrFN3S/c1-4-20(3)14(15-18-7-8-21-15)19-10(2)12-6-5-11(17)9-13(12)16/h5-10H,4H2,1-3H3/b19-14-/t10-/m1/s1. The van der Waals surface area contributed by atoms with E-state index in [1.807, 2.05) is 19.4 Å². The fourth-order valence-electron chi connectivity index (χ4n) is 1.89. The number of aliphatic imine (C=N–C) groups is 1. The van der Waals surface area contributed by atoms with Crippen LogP contribution in [0.3, 0.4) is 0 Å². The van der Waals surface area contributed by atoms with Gasteiger partial charge in [-0.3, -0.25) is 4.99 Å². The molecule has 1 heterocycles. The Bertz CT molecular complexity index is 628. The number of halogens is 2. The lowest BCUT2D eigenvalue weighted by Crippen LogP contribution is -2.27. The maximum absolute atomic E-state index is 13.2. The number of hydrogen-bond donors (Lipinski definition) is 0. The van der Waals surface area contributed by atoms with Crippen LogP contribution in [-0.2, 0) is 0 Å². The zero-order chi connectivity index (χ0) is 15.4. The Labute approximate surface area is 136 Å². The van der Waals surface area contributed by atoms with Gasteiger partial charge in [0, 0.05) is 29.6 Å². The summed E-state index contributed by atoms with van der Waals surface area (Å²) in [6, 6.07) is 4.60. The molecule has 0 amide bonds. The van der Waals surface area contributed by atoms with Crippen molar-refractivity contribution in [3.05, 3.63) is 50.6 Å². The molecule has 1 atom stereocenters. The summed E-state index contributed by atoms with van der Waals surface area (Å²) in [7, 11) is 1.99. The van der Waals surface area contributed by atoms with Gasteiger partial charge >= 0.3 is 0 Å². The van der Waals surface area contributed by atoms with Crippen molar-refractivity contribution in [2.45, 2.75) is 19.9 Å². The van der Waals surface area contributed by atoms with E-state index < -0.39 is 0 Å². The molecule has 0 aliphatic rings. The van der Waals surface area contributed by atoms with Crippen molar-refractivity contribution in [2.75, 3.05) is 13.6 Å². The zero-order valence-corrected chi connectivity index (χ0v) is 14.6. The molecule has 2 rings (SSSR count). The van der Waals surface area contributed by atoms with E-state index in [-0.39, 0.29) is 11.9 Å². The number of aromatic nitrogens is 1. The monoisotopic (exact) mass is 369 g/mol. The summed E-state index contributed by atoms with van der Waals surface area (Å²) in [5.74, 6) is 0.601. The summed E-state index contributed by atoms with van der Waals surface area (Å²) >= 11 is 4.97. The SMILES string of the molecule is CCN(C)/C(=N\[C@H](C)c1ccc(F)cc1Br)c1nccs1. The molecule has 1 aromatic carbocycles. The van der Waals surface area contributed by atoms with Gasteiger partial charge in [-0.25, -0.2) is 9.37 Å². The molecule has 6 heteroatoms. The Balaban J connectivity index is 2.37. The first kappa shape index (κ1) is 16.1. The topological polar surface area (TPSA) is 28.5 Å². The minimum atomic E-state index is -0.257. The van der Waals surface area contributed by atoms with E-state index in [2.05, 4.69) is 32.7 Å².